The summed E-state index contributed by atoms with van der Waals surface area (Å²) in [5.74, 6) is 0. The molecule has 0 fully saturated rings. The zero-order chi connectivity index (χ0) is 9.19. The maximum atomic E-state index is 10.6. The lowest BCUT2D eigenvalue weighted by molar-refractivity contribution is -0.386. The molecule has 0 amide bonds. The standard InChI is InChI=1S/C7H9NO3S.H2O/c8-5-6-1-3-7(4-2-6)12(9,10)11;/h1-4H,5,8H2,(H,9,10,11);1H2. The van der Waals surface area contributed by atoms with Crippen LogP contribution in [0.1, 0.15) is 5.56 Å². The van der Waals surface area contributed by atoms with E-state index in [0.29, 0.717) is 6.54 Å². The van der Waals surface area contributed by atoms with E-state index in [1.807, 2.05) is 0 Å². The minimum Gasteiger partial charge on any atom is -0.870 e. The van der Waals surface area contributed by atoms with Crippen molar-refractivity contribution in [1.82, 2.24) is 0 Å². The van der Waals surface area contributed by atoms with Crippen molar-refractivity contribution >= 4 is 10.1 Å². The minimum absolute atomic E-state index is 0. The first-order valence-electron chi connectivity index (χ1n) is 3.39. The van der Waals surface area contributed by atoms with E-state index in [0.717, 1.165) is 5.56 Å². The summed E-state index contributed by atoms with van der Waals surface area (Å²) in [5, 5.41) is 0. The van der Waals surface area contributed by atoms with Crippen LogP contribution in [-0.2, 0) is 16.7 Å². The first-order chi connectivity index (χ1) is 5.54. The van der Waals surface area contributed by atoms with Gasteiger partial charge in [-0.2, -0.15) is 8.42 Å². The molecule has 1 aromatic rings. The summed E-state index contributed by atoms with van der Waals surface area (Å²) in [5.41, 5.74) is 4.57. The number of benzene rings is 1. The molecular formula is C7H11NO4S. The molecule has 5 nitrogen and oxygen atoms in total. The van der Waals surface area contributed by atoms with Crippen LogP contribution >= 0.6 is 0 Å². The van der Waals surface area contributed by atoms with Gasteiger partial charge in [0.05, 0.1) is 11.4 Å². The van der Waals surface area contributed by atoms with Crippen molar-refractivity contribution in [3.63, 3.8) is 0 Å². The molecule has 0 bridgehead atoms. The second-order valence-electron chi connectivity index (χ2n) is 2.37. The van der Waals surface area contributed by atoms with Crippen LogP contribution in [0.4, 0.5) is 0 Å². The summed E-state index contributed by atoms with van der Waals surface area (Å²) in [6.45, 7) is 0.603. The number of rotatable bonds is 2. The van der Waals surface area contributed by atoms with Crippen LogP contribution in [0.2, 0.25) is 0 Å². The Bertz CT molecular complexity index is 357. The van der Waals surface area contributed by atoms with Crippen LogP contribution in [0.15, 0.2) is 29.2 Å². The fourth-order valence-electron chi connectivity index (χ4n) is 0.828. The molecule has 0 heterocycles. The van der Waals surface area contributed by atoms with Gasteiger partial charge in [0.25, 0.3) is 10.1 Å². The Morgan fingerprint density at radius 2 is 1.69 bits per heavy atom. The molecule has 74 valence electrons. The molecule has 0 radical (unpaired) electrons. The van der Waals surface area contributed by atoms with Gasteiger partial charge in [-0.15, -0.1) is 0 Å². The number of hydrogen-bond acceptors (Lipinski definition) is 3. The Kier molecular flexibility index (Phi) is 4.02. The quantitative estimate of drug-likeness (QED) is 0.633. The molecule has 1 aromatic carbocycles. The Morgan fingerprint density at radius 3 is 2.00 bits per heavy atom. The zero-order valence-corrected chi connectivity index (χ0v) is 7.66. The average molecular weight is 205 g/mol. The molecular weight excluding hydrogens is 194 g/mol. The summed E-state index contributed by atoms with van der Waals surface area (Å²) in [4.78, 5) is -0.0836. The van der Waals surface area contributed by atoms with E-state index in [9.17, 15) is 8.42 Å². The van der Waals surface area contributed by atoms with Gasteiger partial charge < -0.3 is 11.2 Å². The van der Waals surface area contributed by atoms with Crippen molar-refractivity contribution in [1.29, 1.82) is 0 Å². The van der Waals surface area contributed by atoms with Crippen LogP contribution in [-0.4, -0.2) is 18.4 Å². The maximum Gasteiger partial charge on any atom is 0.294 e. The van der Waals surface area contributed by atoms with Gasteiger partial charge in [-0.1, -0.05) is 12.1 Å². The molecule has 0 spiro atoms. The largest absolute Gasteiger partial charge is 0.870 e. The molecule has 1 rings (SSSR count). The van der Waals surface area contributed by atoms with Crippen molar-refractivity contribution < 1.29 is 24.2 Å². The second kappa shape index (κ2) is 4.33. The van der Waals surface area contributed by atoms with Crippen LogP contribution in [0.3, 0.4) is 0 Å². The smallest absolute Gasteiger partial charge is 0.294 e. The van der Waals surface area contributed by atoms with E-state index in [1.54, 1.807) is 12.1 Å². The molecule has 0 aromatic heterocycles. The molecule has 0 saturated carbocycles. The lowest BCUT2D eigenvalue weighted by Gasteiger charge is -1.96. The summed E-state index contributed by atoms with van der Waals surface area (Å²) in [6.07, 6.45) is 0. The summed E-state index contributed by atoms with van der Waals surface area (Å²) >= 11 is 0. The number of hydrogen-bond donors (Lipinski definition) is 2. The fourth-order valence-corrected chi connectivity index (χ4v) is 1.31. The molecule has 0 aliphatic heterocycles. The molecule has 13 heavy (non-hydrogen) atoms. The highest BCUT2D eigenvalue weighted by atomic mass is 32.2. The molecule has 0 aliphatic rings. The molecule has 0 atom stereocenters. The summed E-state index contributed by atoms with van der Waals surface area (Å²) < 4.78 is 29.8. The van der Waals surface area contributed by atoms with Gasteiger partial charge >= 0.3 is 0 Å². The lowest BCUT2D eigenvalue weighted by atomic mass is 10.2. The van der Waals surface area contributed by atoms with Crippen LogP contribution in [0, 0.1) is 0 Å². The van der Waals surface area contributed by atoms with E-state index in [4.69, 9.17) is 4.55 Å². The molecule has 5 N–H and O–H groups in total. The van der Waals surface area contributed by atoms with E-state index in [-0.39, 0.29) is 10.4 Å². The van der Waals surface area contributed by atoms with E-state index in [2.05, 4.69) is 5.73 Å². The van der Waals surface area contributed by atoms with Crippen molar-refractivity contribution in [2.24, 2.45) is 0 Å². The van der Waals surface area contributed by atoms with E-state index in [1.165, 1.54) is 12.1 Å². The Hall–Kier alpha value is -0.950. The normalized spacial score (nSPS) is 10.6. The van der Waals surface area contributed by atoms with Gasteiger partial charge in [0.15, 0.2) is 0 Å². The van der Waals surface area contributed by atoms with Crippen LogP contribution < -0.4 is 5.73 Å². The van der Waals surface area contributed by atoms with Crippen molar-refractivity contribution in [3.8, 4) is 0 Å². The van der Waals surface area contributed by atoms with Crippen molar-refractivity contribution in [3.05, 3.63) is 29.8 Å². The predicted molar refractivity (Wildman–Crippen MR) is 44.8 cm³/mol. The SMILES string of the molecule is [NH3+]Cc1ccc(S(=O)(=O)O)cc1.[OH-]. The van der Waals surface area contributed by atoms with Gasteiger partial charge in [0.1, 0.15) is 0 Å². The van der Waals surface area contributed by atoms with Gasteiger partial charge in [0, 0.05) is 5.56 Å². The Morgan fingerprint density at radius 1 is 1.23 bits per heavy atom. The molecule has 0 saturated heterocycles. The highest BCUT2D eigenvalue weighted by Gasteiger charge is 2.07. The topological polar surface area (TPSA) is 112 Å². The third kappa shape index (κ3) is 3.11. The average Bonchev–Trinajstić information content (AvgIpc) is 2.03. The fraction of sp³-hybridized carbons (Fsp3) is 0.143. The minimum atomic E-state index is -4.05. The van der Waals surface area contributed by atoms with Crippen molar-refractivity contribution in [2.45, 2.75) is 11.4 Å². The number of quaternary nitrogens is 1. The third-order valence-electron chi connectivity index (χ3n) is 1.51. The molecule has 0 aliphatic carbocycles. The first-order valence-corrected chi connectivity index (χ1v) is 4.84. The van der Waals surface area contributed by atoms with Crippen molar-refractivity contribution in [2.75, 3.05) is 0 Å². The van der Waals surface area contributed by atoms with E-state index < -0.39 is 10.1 Å². The molecule has 6 heteroatoms. The molecule has 0 unspecified atom stereocenters. The van der Waals surface area contributed by atoms with Gasteiger partial charge in [-0.25, -0.2) is 0 Å². The summed E-state index contributed by atoms with van der Waals surface area (Å²) in [6, 6.07) is 5.96. The highest BCUT2D eigenvalue weighted by Crippen LogP contribution is 2.08. The highest BCUT2D eigenvalue weighted by molar-refractivity contribution is 7.85. The van der Waals surface area contributed by atoms with Gasteiger partial charge in [-0.3, -0.25) is 4.55 Å². The second-order valence-corrected chi connectivity index (χ2v) is 3.79. The predicted octanol–water partition coefficient (Wildman–Crippen LogP) is -0.502. The van der Waals surface area contributed by atoms with Crippen LogP contribution in [0.5, 0.6) is 0 Å². The lowest BCUT2D eigenvalue weighted by Crippen LogP contribution is -2.47. The summed E-state index contributed by atoms with van der Waals surface area (Å²) in [7, 11) is -4.05. The van der Waals surface area contributed by atoms with Gasteiger partial charge in [0.2, 0.25) is 0 Å². The Balaban J connectivity index is 0.00000144. The zero-order valence-electron chi connectivity index (χ0n) is 6.84. The van der Waals surface area contributed by atoms with Gasteiger partial charge in [-0.05, 0) is 12.1 Å². The third-order valence-corrected chi connectivity index (χ3v) is 2.38. The Labute approximate surface area is 76.2 Å². The maximum absolute atomic E-state index is 10.6. The first kappa shape index (κ1) is 12.0. The van der Waals surface area contributed by atoms with E-state index >= 15 is 0 Å². The van der Waals surface area contributed by atoms with Crippen LogP contribution in [0.25, 0.3) is 0 Å². The monoisotopic (exact) mass is 205 g/mol.